The van der Waals surface area contributed by atoms with Gasteiger partial charge in [0.25, 0.3) is 0 Å². The van der Waals surface area contributed by atoms with Crippen LogP contribution >= 0.6 is 0 Å². The van der Waals surface area contributed by atoms with Crippen molar-refractivity contribution < 1.29 is 5.11 Å². The van der Waals surface area contributed by atoms with Crippen molar-refractivity contribution in [3.63, 3.8) is 0 Å². The molecule has 0 aromatic heterocycles. The van der Waals surface area contributed by atoms with Gasteiger partial charge in [0, 0.05) is 6.04 Å². The molecular weight excluding hydrogens is 162 g/mol. The van der Waals surface area contributed by atoms with Gasteiger partial charge >= 0.3 is 0 Å². The third-order valence-electron chi connectivity index (χ3n) is 2.33. The molecule has 72 valence electrons. The second-order valence-corrected chi connectivity index (χ2v) is 3.16. The zero-order valence-corrected chi connectivity index (χ0v) is 8.20. The van der Waals surface area contributed by atoms with E-state index in [-0.39, 0.29) is 6.04 Å². The summed E-state index contributed by atoms with van der Waals surface area (Å²) < 4.78 is 0. The molecule has 0 bridgehead atoms. The van der Waals surface area contributed by atoms with E-state index in [0.717, 1.165) is 12.0 Å². The molecule has 0 aliphatic carbocycles. The second-order valence-electron chi connectivity index (χ2n) is 3.16. The van der Waals surface area contributed by atoms with E-state index in [9.17, 15) is 5.11 Å². The van der Waals surface area contributed by atoms with E-state index in [2.05, 4.69) is 12.2 Å². The topological polar surface area (TPSA) is 32.3 Å². The van der Waals surface area contributed by atoms with Crippen LogP contribution in [0.3, 0.4) is 0 Å². The number of likely N-dealkylation sites (N-methyl/N-ethyl adjacent to an activating group) is 1. The van der Waals surface area contributed by atoms with Crippen molar-refractivity contribution in [3.8, 4) is 0 Å². The van der Waals surface area contributed by atoms with Crippen molar-refractivity contribution in [2.45, 2.75) is 25.5 Å². The van der Waals surface area contributed by atoms with E-state index in [4.69, 9.17) is 0 Å². The molecule has 0 saturated carbocycles. The monoisotopic (exact) mass is 179 g/mol. The van der Waals surface area contributed by atoms with Crippen LogP contribution < -0.4 is 5.32 Å². The Kier molecular flexibility index (Phi) is 3.93. The van der Waals surface area contributed by atoms with Gasteiger partial charge in [0.15, 0.2) is 0 Å². The summed E-state index contributed by atoms with van der Waals surface area (Å²) in [5, 5.41) is 13.0. The molecule has 1 aromatic rings. The summed E-state index contributed by atoms with van der Waals surface area (Å²) in [6, 6.07) is 9.88. The highest BCUT2D eigenvalue weighted by Gasteiger charge is 2.16. The Morgan fingerprint density at radius 3 is 2.38 bits per heavy atom. The normalized spacial score (nSPS) is 15.3. The van der Waals surface area contributed by atoms with E-state index in [1.54, 1.807) is 0 Å². The Morgan fingerprint density at radius 2 is 1.92 bits per heavy atom. The third kappa shape index (κ3) is 2.54. The van der Waals surface area contributed by atoms with Crippen LogP contribution in [-0.4, -0.2) is 18.2 Å². The number of aliphatic hydroxyl groups is 1. The molecule has 0 amide bonds. The summed E-state index contributed by atoms with van der Waals surface area (Å²) in [5.74, 6) is 0. The molecule has 0 radical (unpaired) electrons. The molecule has 2 nitrogen and oxygen atoms in total. The predicted molar refractivity (Wildman–Crippen MR) is 54.5 cm³/mol. The van der Waals surface area contributed by atoms with Gasteiger partial charge in [0.2, 0.25) is 0 Å². The van der Waals surface area contributed by atoms with Crippen molar-refractivity contribution in [1.82, 2.24) is 5.32 Å². The van der Waals surface area contributed by atoms with Crippen molar-refractivity contribution in [3.05, 3.63) is 35.9 Å². The van der Waals surface area contributed by atoms with Gasteiger partial charge in [-0.3, -0.25) is 0 Å². The molecule has 0 aliphatic heterocycles. The lowest BCUT2D eigenvalue weighted by Crippen LogP contribution is -2.31. The number of nitrogens with one attached hydrogen (secondary N) is 1. The summed E-state index contributed by atoms with van der Waals surface area (Å²) in [7, 11) is 1.88. The molecule has 13 heavy (non-hydrogen) atoms. The second kappa shape index (κ2) is 5.00. The fourth-order valence-corrected chi connectivity index (χ4v) is 1.47. The van der Waals surface area contributed by atoms with Gasteiger partial charge in [-0.15, -0.1) is 0 Å². The highest BCUT2D eigenvalue weighted by atomic mass is 16.3. The first-order valence-corrected chi connectivity index (χ1v) is 4.69. The maximum atomic E-state index is 9.92. The number of benzene rings is 1. The summed E-state index contributed by atoms with van der Waals surface area (Å²) in [5.41, 5.74) is 0.976. The van der Waals surface area contributed by atoms with Crippen LogP contribution in [0, 0.1) is 0 Å². The zero-order valence-electron chi connectivity index (χ0n) is 8.20. The van der Waals surface area contributed by atoms with Crippen LogP contribution in [0.25, 0.3) is 0 Å². The van der Waals surface area contributed by atoms with Gasteiger partial charge in [0.05, 0.1) is 6.10 Å². The number of rotatable bonds is 4. The van der Waals surface area contributed by atoms with Crippen molar-refractivity contribution in [2.75, 3.05) is 7.05 Å². The number of hydrogen-bond donors (Lipinski definition) is 2. The Balaban J connectivity index is 2.72. The quantitative estimate of drug-likeness (QED) is 0.737. The summed E-state index contributed by atoms with van der Waals surface area (Å²) in [6.45, 7) is 2.06. The van der Waals surface area contributed by atoms with E-state index < -0.39 is 6.10 Å². The van der Waals surface area contributed by atoms with Gasteiger partial charge in [-0.1, -0.05) is 37.3 Å². The summed E-state index contributed by atoms with van der Waals surface area (Å²) in [6.07, 6.45) is 0.517. The Bertz CT molecular complexity index is 231. The van der Waals surface area contributed by atoms with E-state index in [0.29, 0.717) is 0 Å². The van der Waals surface area contributed by atoms with Crippen LogP contribution in [0.15, 0.2) is 30.3 Å². The molecule has 1 aromatic carbocycles. The van der Waals surface area contributed by atoms with Gasteiger partial charge in [-0.25, -0.2) is 0 Å². The molecular formula is C11H17NO. The standard InChI is InChI=1S/C11H17NO/c1-3-10(12-2)11(13)9-7-5-4-6-8-9/h4-8,10-13H,3H2,1-2H3/t10-,11+/m1/s1. The van der Waals surface area contributed by atoms with Crippen LogP contribution in [0.5, 0.6) is 0 Å². The lowest BCUT2D eigenvalue weighted by molar-refractivity contribution is 0.130. The minimum Gasteiger partial charge on any atom is -0.387 e. The van der Waals surface area contributed by atoms with Crippen molar-refractivity contribution in [1.29, 1.82) is 0 Å². The number of aliphatic hydroxyl groups excluding tert-OH is 1. The average Bonchev–Trinajstić information content (AvgIpc) is 2.21. The lowest BCUT2D eigenvalue weighted by Gasteiger charge is -2.21. The molecule has 0 aliphatic rings. The largest absolute Gasteiger partial charge is 0.387 e. The zero-order chi connectivity index (χ0) is 9.68. The Morgan fingerprint density at radius 1 is 1.31 bits per heavy atom. The van der Waals surface area contributed by atoms with Crippen LogP contribution in [0.4, 0.5) is 0 Å². The molecule has 2 N–H and O–H groups in total. The minimum absolute atomic E-state index is 0.141. The molecule has 0 unspecified atom stereocenters. The molecule has 2 heteroatoms. The van der Waals surface area contributed by atoms with E-state index in [1.807, 2.05) is 37.4 Å². The van der Waals surface area contributed by atoms with Crippen molar-refractivity contribution in [2.24, 2.45) is 0 Å². The van der Waals surface area contributed by atoms with Gasteiger partial charge in [0.1, 0.15) is 0 Å². The molecule has 0 fully saturated rings. The summed E-state index contributed by atoms with van der Waals surface area (Å²) >= 11 is 0. The van der Waals surface area contributed by atoms with E-state index >= 15 is 0 Å². The minimum atomic E-state index is -0.406. The lowest BCUT2D eigenvalue weighted by atomic mass is 10.0. The van der Waals surface area contributed by atoms with Gasteiger partial charge < -0.3 is 10.4 Å². The highest BCUT2D eigenvalue weighted by molar-refractivity contribution is 5.18. The molecule has 0 spiro atoms. The van der Waals surface area contributed by atoms with Crippen LogP contribution in [-0.2, 0) is 0 Å². The SMILES string of the molecule is CC[C@@H](NC)[C@@H](O)c1ccccc1. The van der Waals surface area contributed by atoms with Crippen LogP contribution in [0.1, 0.15) is 25.0 Å². The first-order valence-electron chi connectivity index (χ1n) is 4.69. The molecule has 1 rings (SSSR count). The van der Waals surface area contributed by atoms with E-state index in [1.165, 1.54) is 0 Å². The van der Waals surface area contributed by atoms with Gasteiger partial charge in [-0.05, 0) is 19.0 Å². The first kappa shape index (κ1) is 10.2. The van der Waals surface area contributed by atoms with Gasteiger partial charge in [-0.2, -0.15) is 0 Å². The Hall–Kier alpha value is -0.860. The van der Waals surface area contributed by atoms with Crippen molar-refractivity contribution >= 4 is 0 Å². The highest BCUT2D eigenvalue weighted by Crippen LogP contribution is 2.17. The molecule has 2 atom stereocenters. The third-order valence-corrected chi connectivity index (χ3v) is 2.33. The maximum Gasteiger partial charge on any atom is 0.0942 e. The predicted octanol–water partition coefficient (Wildman–Crippen LogP) is 1.72. The summed E-state index contributed by atoms with van der Waals surface area (Å²) in [4.78, 5) is 0. The Labute approximate surface area is 79.6 Å². The van der Waals surface area contributed by atoms with Crippen LogP contribution in [0.2, 0.25) is 0 Å². The molecule has 0 saturated heterocycles. The smallest absolute Gasteiger partial charge is 0.0942 e. The maximum absolute atomic E-state index is 9.92. The molecule has 0 heterocycles. The fourth-order valence-electron chi connectivity index (χ4n) is 1.47. The first-order chi connectivity index (χ1) is 6.29. The number of hydrogen-bond acceptors (Lipinski definition) is 2. The fraction of sp³-hybridized carbons (Fsp3) is 0.455. The average molecular weight is 179 g/mol.